The Morgan fingerprint density at radius 3 is 2.29 bits per heavy atom. The van der Waals surface area contributed by atoms with Gasteiger partial charge in [-0.3, -0.25) is 0 Å². The summed E-state index contributed by atoms with van der Waals surface area (Å²) < 4.78 is 0. The summed E-state index contributed by atoms with van der Waals surface area (Å²) in [6.45, 7) is 4.64. The standard InChI is InChI=1S/C6H12S/c1-5-3-6(2)7-4-5/h5-6H,3-4H2,1-2H3/t5-,6-/m1/s1. The molecule has 0 N–H and O–H groups in total. The van der Waals surface area contributed by atoms with Gasteiger partial charge in [-0.05, 0) is 18.1 Å². The Morgan fingerprint density at radius 1 is 1.43 bits per heavy atom. The lowest BCUT2D eigenvalue weighted by molar-refractivity contribution is 0.626. The van der Waals surface area contributed by atoms with Crippen LogP contribution in [-0.4, -0.2) is 11.0 Å². The van der Waals surface area contributed by atoms with E-state index in [1.807, 2.05) is 0 Å². The maximum absolute atomic E-state index is 2.33. The van der Waals surface area contributed by atoms with Gasteiger partial charge in [0.05, 0.1) is 0 Å². The van der Waals surface area contributed by atoms with Gasteiger partial charge in [-0.15, -0.1) is 0 Å². The van der Waals surface area contributed by atoms with Gasteiger partial charge in [0.2, 0.25) is 0 Å². The second-order valence-corrected chi connectivity index (χ2v) is 3.96. The lowest BCUT2D eigenvalue weighted by atomic mass is 10.1. The molecule has 0 amide bonds. The fourth-order valence-corrected chi connectivity index (χ4v) is 2.29. The van der Waals surface area contributed by atoms with Crippen molar-refractivity contribution in [3.8, 4) is 0 Å². The Morgan fingerprint density at radius 2 is 2.14 bits per heavy atom. The fraction of sp³-hybridized carbons (Fsp3) is 1.00. The van der Waals surface area contributed by atoms with Gasteiger partial charge in [0.15, 0.2) is 0 Å². The first kappa shape index (κ1) is 5.49. The summed E-state index contributed by atoms with van der Waals surface area (Å²) in [5.74, 6) is 2.38. The third-order valence-electron chi connectivity index (χ3n) is 1.40. The van der Waals surface area contributed by atoms with E-state index in [-0.39, 0.29) is 0 Å². The summed E-state index contributed by atoms with van der Waals surface area (Å²) in [4.78, 5) is 0. The molecule has 0 bridgehead atoms. The second-order valence-electron chi connectivity index (χ2n) is 2.48. The van der Waals surface area contributed by atoms with Gasteiger partial charge in [0.1, 0.15) is 0 Å². The van der Waals surface area contributed by atoms with Gasteiger partial charge in [-0.2, -0.15) is 11.8 Å². The van der Waals surface area contributed by atoms with E-state index in [4.69, 9.17) is 0 Å². The van der Waals surface area contributed by atoms with E-state index in [1.54, 1.807) is 0 Å². The molecule has 0 spiro atoms. The van der Waals surface area contributed by atoms with Crippen LogP contribution in [0.3, 0.4) is 0 Å². The zero-order valence-corrected chi connectivity index (χ0v) is 5.79. The first-order valence-corrected chi connectivity index (χ1v) is 3.95. The van der Waals surface area contributed by atoms with Crippen LogP contribution in [0.4, 0.5) is 0 Å². The molecule has 0 unspecified atom stereocenters. The topological polar surface area (TPSA) is 0 Å². The van der Waals surface area contributed by atoms with Gasteiger partial charge in [-0.25, -0.2) is 0 Å². The Bertz CT molecular complexity index is 53.2. The van der Waals surface area contributed by atoms with Crippen molar-refractivity contribution in [2.24, 2.45) is 5.92 Å². The highest BCUT2D eigenvalue weighted by Crippen LogP contribution is 2.29. The molecular formula is C6H12S. The second kappa shape index (κ2) is 2.08. The molecule has 1 saturated heterocycles. The van der Waals surface area contributed by atoms with E-state index in [9.17, 15) is 0 Å². The van der Waals surface area contributed by atoms with E-state index < -0.39 is 0 Å². The van der Waals surface area contributed by atoms with Crippen LogP contribution in [0.15, 0.2) is 0 Å². The number of rotatable bonds is 0. The molecule has 1 rings (SSSR count). The van der Waals surface area contributed by atoms with E-state index >= 15 is 0 Å². The van der Waals surface area contributed by atoms with Crippen LogP contribution in [0.5, 0.6) is 0 Å². The van der Waals surface area contributed by atoms with Crippen molar-refractivity contribution >= 4 is 11.8 Å². The molecule has 1 aliphatic rings. The minimum atomic E-state index is 0.940. The van der Waals surface area contributed by atoms with E-state index in [2.05, 4.69) is 25.6 Å². The zero-order chi connectivity index (χ0) is 5.28. The highest BCUT2D eigenvalue weighted by molar-refractivity contribution is 8.00. The van der Waals surface area contributed by atoms with E-state index in [0.717, 1.165) is 11.2 Å². The van der Waals surface area contributed by atoms with Crippen LogP contribution < -0.4 is 0 Å². The van der Waals surface area contributed by atoms with Gasteiger partial charge in [0.25, 0.3) is 0 Å². The highest BCUT2D eigenvalue weighted by atomic mass is 32.2. The normalized spacial score (nSPS) is 42.0. The summed E-state index contributed by atoms with van der Waals surface area (Å²) in [7, 11) is 0. The number of hydrogen-bond acceptors (Lipinski definition) is 1. The third kappa shape index (κ3) is 1.37. The molecule has 1 heteroatoms. The predicted molar refractivity (Wildman–Crippen MR) is 35.7 cm³/mol. The maximum Gasteiger partial charge on any atom is 0.00216 e. The molecule has 2 atom stereocenters. The van der Waals surface area contributed by atoms with Crippen molar-refractivity contribution in [2.75, 3.05) is 5.75 Å². The molecule has 0 aliphatic carbocycles. The largest absolute Gasteiger partial charge is 0.159 e. The molecule has 1 aliphatic heterocycles. The average Bonchev–Trinajstić information content (AvgIpc) is 1.87. The maximum atomic E-state index is 2.33. The van der Waals surface area contributed by atoms with Gasteiger partial charge >= 0.3 is 0 Å². The summed E-state index contributed by atoms with van der Waals surface area (Å²) in [5, 5.41) is 0.940. The predicted octanol–water partition coefficient (Wildman–Crippen LogP) is 2.15. The lowest BCUT2D eigenvalue weighted by Crippen LogP contribution is -1.90. The van der Waals surface area contributed by atoms with Gasteiger partial charge in [-0.1, -0.05) is 13.8 Å². The minimum Gasteiger partial charge on any atom is -0.159 e. The molecule has 0 aromatic rings. The van der Waals surface area contributed by atoms with Crippen molar-refractivity contribution in [2.45, 2.75) is 25.5 Å². The van der Waals surface area contributed by atoms with Crippen molar-refractivity contribution in [3.05, 3.63) is 0 Å². The van der Waals surface area contributed by atoms with Gasteiger partial charge < -0.3 is 0 Å². The Labute approximate surface area is 49.7 Å². The van der Waals surface area contributed by atoms with Crippen LogP contribution >= 0.6 is 11.8 Å². The molecule has 42 valence electrons. The van der Waals surface area contributed by atoms with Crippen molar-refractivity contribution in [3.63, 3.8) is 0 Å². The summed E-state index contributed by atoms with van der Waals surface area (Å²) in [5.41, 5.74) is 0. The SMILES string of the molecule is C[C@H]1CS[C@H](C)C1. The molecule has 0 radical (unpaired) electrons. The van der Waals surface area contributed by atoms with Crippen molar-refractivity contribution < 1.29 is 0 Å². The fourth-order valence-electron chi connectivity index (χ4n) is 1.03. The number of thioether (sulfide) groups is 1. The molecular weight excluding hydrogens is 104 g/mol. The first-order valence-electron chi connectivity index (χ1n) is 2.90. The van der Waals surface area contributed by atoms with Crippen molar-refractivity contribution in [1.82, 2.24) is 0 Å². The molecule has 0 aromatic heterocycles. The Hall–Kier alpha value is 0.350. The van der Waals surface area contributed by atoms with E-state index in [0.29, 0.717) is 0 Å². The average molecular weight is 116 g/mol. The minimum absolute atomic E-state index is 0.940. The molecule has 7 heavy (non-hydrogen) atoms. The molecule has 0 aromatic carbocycles. The first-order chi connectivity index (χ1) is 3.29. The van der Waals surface area contributed by atoms with Gasteiger partial charge in [0, 0.05) is 5.25 Å². The Kier molecular flexibility index (Phi) is 1.63. The quantitative estimate of drug-likeness (QED) is 0.467. The Balaban J connectivity index is 2.26. The highest BCUT2D eigenvalue weighted by Gasteiger charge is 2.16. The van der Waals surface area contributed by atoms with Crippen molar-refractivity contribution in [1.29, 1.82) is 0 Å². The van der Waals surface area contributed by atoms with Crippen LogP contribution in [-0.2, 0) is 0 Å². The van der Waals surface area contributed by atoms with Crippen LogP contribution in [0.2, 0.25) is 0 Å². The molecule has 0 saturated carbocycles. The monoisotopic (exact) mass is 116 g/mol. The smallest absolute Gasteiger partial charge is 0.00216 e. The number of hydrogen-bond donors (Lipinski definition) is 0. The molecule has 0 nitrogen and oxygen atoms in total. The lowest BCUT2D eigenvalue weighted by Gasteiger charge is -1.94. The summed E-state index contributed by atoms with van der Waals surface area (Å²) >= 11 is 2.11. The van der Waals surface area contributed by atoms with E-state index in [1.165, 1.54) is 12.2 Å². The summed E-state index contributed by atoms with van der Waals surface area (Å²) in [6, 6.07) is 0. The summed E-state index contributed by atoms with van der Waals surface area (Å²) in [6.07, 6.45) is 1.44. The van der Waals surface area contributed by atoms with Crippen LogP contribution in [0.25, 0.3) is 0 Å². The molecule has 1 heterocycles. The van der Waals surface area contributed by atoms with Crippen LogP contribution in [0, 0.1) is 5.92 Å². The molecule has 1 fully saturated rings. The zero-order valence-electron chi connectivity index (χ0n) is 4.98. The third-order valence-corrected chi connectivity index (χ3v) is 2.92. The van der Waals surface area contributed by atoms with Crippen LogP contribution in [0.1, 0.15) is 20.3 Å².